The molecule has 1 heterocycles. The number of ether oxygens (including phenoxy) is 1. The van der Waals surface area contributed by atoms with Crippen LogP contribution in [0.2, 0.25) is 0 Å². The Kier molecular flexibility index (Phi) is 2.84. The van der Waals surface area contributed by atoms with Crippen LogP contribution in [0.25, 0.3) is 0 Å². The summed E-state index contributed by atoms with van der Waals surface area (Å²) in [6, 6.07) is 1.75. The van der Waals surface area contributed by atoms with Crippen molar-refractivity contribution in [3.8, 4) is 5.75 Å². The first kappa shape index (κ1) is 9.51. The summed E-state index contributed by atoms with van der Waals surface area (Å²) in [4.78, 5) is 14.3. The number of carbonyl (C=O) groups is 1. The van der Waals surface area contributed by atoms with Gasteiger partial charge in [-0.1, -0.05) is 13.8 Å². The maximum Gasteiger partial charge on any atom is 0.410 e. The zero-order valence-corrected chi connectivity index (χ0v) is 7.65. The van der Waals surface area contributed by atoms with Gasteiger partial charge in [0.05, 0.1) is 6.20 Å². The average Bonchev–Trinajstić information content (AvgIpc) is 2.03. The highest BCUT2D eigenvalue weighted by molar-refractivity contribution is 5.67. The number of rotatable bonds is 2. The van der Waals surface area contributed by atoms with Crippen LogP contribution in [0.15, 0.2) is 18.5 Å². The Bertz CT molecular complexity index is 310. The highest BCUT2D eigenvalue weighted by atomic mass is 16.5. The van der Waals surface area contributed by atoms with Crippen LogP contribution in [0.1, 0.15) is 25.3 Å². The van der Waals surface area contributed by atoms with Crippen molar-refractivity contribution < 1.29 is 9.53 Å². The normalized spacial score (nSPS) is 10.1. The van der Waals surface area contributed by atoms with Gasteiger partial charge < -0.3 is 10.5 Å². The topological polar surface area (TPSA) is 65.2 Å². The number of aromatic nitrogens is 1. The maximum absolute atomic E-state index is 10.4. The maximum atomic E-state index is 10.4. The van der Waals surface area contributed by atoms with Crippen molar-refractivity contribution in [1.82, 2.24) is 4.98 Å². The summed E-state index contributed by atoms with van der Waals surface area (Å²) in [6.45, 7) is 4.07. The molecule has 2 N–H and O–H groups in total. The fourth-order valence-corrected chi connectivity index (χ4v) is 0.923. The monoisotopic (exact) mass is 180 g/mol. The highest BCUT2D eigenvalue weighted by Gasteiger charge is 2.03. The molecule has 1 aromatic heterocycles. The van der Waals surface area contributed by atoms with E-state index >= 15 is 0 Å². The van der Waals surface area contributed by atoms with Crippen LogP contribution in [-0.4, -0.2) is 11.1 Å². The molecule has 0 saturated heterocycles. The molecule has 0 atom stereocenters. The lowest BCUT2D eigenvalue weighted by Gasteiger charge is -2.06. The molecule has 0 spiro atoms. The van der Waals surface area contributed by atoms with E-state index < -0.39 is 6.09 Å². The van der Waals surface area contributed by atoms with E-state index in [-0.39, 0.29) is 0 Å². The largest absolute Gasteiger partial charge is 0.410 e. The summed E-state index contributed by atoms with van der Waals surface area (Å²) in [7, 11) is 0. The van der Waals surface area contributed by atoms with Gasteiger partial charge >= 0.3 is 6.09 Å². The minimum atomic E-state index is -0.817. The number of hydrogen-bond acceptors (Lipinski definition) is 3. The predicted molar refractivity (Wildman–Crippen MR) is 48.5 cm³/mol. The van der Waals surface area contributed by atoms with Gasteiger partial charge in [-0.2, -0.15) is 0 Å². The Hall–Kier alpha value is -1.58. The number of hydrogen-bond donors (Lipinski definition) is 1. The molecule has 1 aromatic rings. The lowest BCUT2D eigenvalue weighted by molar-refractivity contribution is 0.210. The van der Waals surface area contributed by atoms with Crippen molar-refractivity contribution in [1.29, 1.82) is 0 Å². The number of pyridine rings is 1. The molecule has 4 nitrogen and oxygen atoms in total. The molecular formula is C9H12N2O2. The number of nitrogens with zero attached hydrogens (tertiary/aromatic N) is 1. The Morgan fingerprint density at radius 2 is 2.23 bits per heavy atom. The summed E-state index contributed by atoms with van der Waals surface area (Å²) in [6.07, 6.45) is 2.37. The van der Waals surface area contributed by atoms with E-state index in [2.05, 4.69) is 9.72 Å². The smallest absolute Gasteiger partial charge is 0.409 e. The van der Waals surface area contributed by atoms with Gasteiger partial charge in [0.1, 0.15) is 0 Å². The fourth-order valence-electron chi connectivity index (χ4n) is 0.923. The number of nitrogens with two attached hydrogens (primary N) is 1. The second kappa shape index (κ2) is 3.89. The zero-order valence-electron chi connectivity index (χ0n) is 7.65. The van der Waals surface area contributed by atoms with Crippen LogP contribution in [0.4, 0.5) is 4.79 Å². The first-order chi connectivity index (χ1) is 6.09. The zero-order chi connectivity index (χ0) is 9.84. The van der Waals surface area contributed by atoms with Gasteiger partial charge in [0.25, 0.3) is 0 Å². The third-order valence-corrected chi connectivity index (χ3v) is 1.62. The van der Waals surface area contributed by atoms with Crippen LogP contribution in [-0.2, 0) is 0 Å². The van der Waals surface area contributed by atoms with Gasteiger partial charge in [-0.3, -0.25) is 4.98 Å². The third-order valence-electron chi connectivity index (χ3n) is 1.62. The van der Waals surface area contributed by atoms with Crippen molar-refractivity contribution in [3.63, 3.8) is 0 Å². The summed E-state index contributed by atoms with van der Waals surface area (Å²) in [5, 5.41) is 0. The second-order valence-corrected chi connectivity index (χ2v) is 3.03. The molecule has 0 aliphatic rings. The summed E-state index contributed by atoms with van der Waals surface area (Å²) < 4.78 is 4.68. The van der Waals surface area contributed by atoms with Crippen molar-refractivity contribution in [2.24, 2.45) is 5.73 Å². The first-order valence-electron chi connectivity index (χ1n) is 4.02. The van der Waals surface area contributed by atoms with E-state index in [1.807, 2.05) is 13.8 Å². The standard InChI is InChI=1S/C9H12N2O2/c1-6(2)7-3-8(5-11-4-7)13-9(10)12/h3-6H,1-2H3,(H2,10,12). The Labute approximate surface area is 76.7 Å². The predicted octanol–water partition coefficient (Wildman–Crippen LogP) is 1.66. The molecule has 1 rings (SSSR count). The van der Waals surface area contributed by atoms with E-state index in [0.29, 0.717) is 11.7 Å². The molecule has 0 aromatic carbocycles. The van der Waals surface area contributed by atoms with Crippen LogP contribution in [0.3, 0.4) is 0 Å². The quantitative estimate of drug-likeness (QED) is 0.752. The molecule has 0 unspecified atom stereocenters. The van der Waals surface area contributed by atoms with E-state index in [0.717, 1.165) is 5.56 Å². The molecule has 0 aliphatic carbocycles. The molecule has 1 amide bonds. The Balaban J connectivity index is 2.85. The Morgan fingerprint density at radius 1 is 1.54 bits per heavy atom. The van der Waals surface area contributed by atoms with Crippen molar-refractivity contribution in [2.45, 2.75) is 19.8 Å². The number of carbonyl (C=O) groups excluding carboxylic acids is 1. The highest BCUT2D eigenvalue weighted by Crippen LogP contribution is 2.18. The molecule has 0 saturated carbocycles. The molecule has 13 heavy (non-hydrogen) atoms. The van der Waals surface area contributed by atoms with E-state index in [4.69, 9.17) is 5.73 Å². The van der Waals surface area contributed by atoms with Crippen molar-refractivity contribution in [2.75, 3.05) is 0 Å². The number of amides is 1. The van der Waals surface area contributed by atoms with Gasteiger partial charge in [-0.25, -0.2) is 4.79 Å². The van der Waals surface area contributed by atoms with Gasteiger partial charge in [-0.15, -0.1) is 0 Å². The van der Waals surface area contributed by atoms with Crippen molar-refractivity contribution in [3.05, 3.63) is 24.0 Å². The van der Waals surface area contributed by atoms with Crippen LogP contribution >= 0.6 is 0 Å². The summed E-state index contributed by atoms with van der Waals surface area (Å²) in [5.74, 6) is 0.739. The fraction of sp³-hybridized carbons (Fsp3) is 0.333. The van der Waals surface area contributed by atoms with Crippen LogP contribution in [0.5, 0.6) is 5.75 Å². The molecule has 0 aliphatic heterocycles. The molecule has 70 valence electrons. The van der Waals surface area contributed by atoms with Crippen LogP contribution in [0, 0.1) is 0 Å². The van der Waals surface area contributed by atoms with E-state index in [9.17, 15) is 4.79 Å². The summed E-state index contributed by atoms with van der Waals surface area (Å²) >= 11 is 0. The second-order valence-electron chi connectivity index (χ2n) is 3.03. The minimum absolute atomic E-state index is 0.351. The minimum Gasteiger partial charge on any atom is -0.409 e. The summed E-state index contributed by atoms with van der Waals surface area (Å²) in [5.41, 5.74) is 5.87. The van der Waals surface area contributed by atoms with E-state index in [1.54, 1.807) is 12.3 Å². The van der Waals surface area contributed by atoms with Crippen molar-refractivity contribution >= 4 is 6.09 Å². The van der Waals surface area contributed by atoms with Crippen LogP contribution < -0.4 is 10.5 Å². The first-order valence-corrected chi connectivity index (χ1v) is 4.02. The third kappa shape index (κ3) is 2.74. The number of primary amides is 1. The lowest BCUT2D eigenvalue weighted by Crippen LogP contribution is -2.16. The Morgan fingerprint density at radius 3 is 2.77 bits per heavy atom. The van der Waals surface area contributed by atoms with E-state index in [1.165, 1.54) is 6.20 Å². The molecule has 0 fully saturated rings. The van der Waals surface area contributed by atoms with Gasteiger partial charge in [-0.05, 0) is 17.5 Å². The van der Waals surface area contributed by atoms with Gasteiger partial charge in [0, 0.05) is 6.20 Å². The van der Waals surface area contributed by atoms with Gasteiger partial charge in [0.15, 0.2) is 5.75 Å². The van der Waals surface area contributed by atoms with Gasteiger partial charge in [0.2, 0.25) is 0 Å². The molecule has 0 bridgehead atoms. The SMILES string of the molecule is CC(C)c1cncc(OC(N)=O)c1. The lowest BCUT2D eigenvalue weighted by atomic mass is 10.1. The molecular weight excluding hydrogens is 168 g/mol. The molecule has 0 radical (unpaired) electrons. The average molecular weight is 180 g/mol. The molecule has 4 heteroatoms.